The molecule has 0 heterocycles. The Labute approximate surface area is 86.5 Å². The predicted octanol–water partition coefficient (Wildman–Crippen LogP) is -0.602. The van der Waals surface area contributed by atoms with Gasteiger partial charge in [-0.1, -0.05) is 0 Å². The van der Waals surface area contributed by atoms with E-state index in [0.29, 0.717) is 0 Å². The number of amides is 1. The van der Waals surface area contributed by atoms with Crippen LogP contribution in [-0.4, -0.2) is 46.0 Å². The van der Waals surface area contributed by atoms with Crippen molar-refractivity contribution < 1.29 is 24.6 Å². The number of carbonyl (C=O) groups excluding carboxylic acids is 1. The summed E-state index contributed by atoms with van der Waals surface area (Å²) in [5.74, 6) is -1.02. The summed E-state index contributed by atoms with van der Waals surface area (Å²) < 4.78 is 0. The summed E-state index contributed by atoms with van der Waals surface area (Å²) in [6.07, 6.45) is 4.34. The number of aliphatic carboxylic acids is 2. The van der Waals surface area contributed by atoms with Crippen LogP contribution >= 0.6 is 0 Å². The topological polar surface area (TPSA) is 94.9 Å². The van der Waals surface area contributed by atoms with Crippen LogP contribution in [0.25, 0.3) is 0 Å². The van der Waals surface area contributed by atoms with Crippen LogP contribution in [-0.2, 0) is 14.4 Å². The Morgan fingerprint density at radius 3 is 1.73 bits per heavy atom. The molecule has 15 heavy (non-hydrogen) atoms. The zero-order chi connectivity index (χ0) is 11.8. The van der Waals surface area contributed by atoms with Crippen molar-refractivity contribution in [1.82, 2.24) is 4.90 Å². The molecule has 0 aliphatic carbocycles. The number of hydrogen-bond acceptors (Lipinski definition) is 3. The van der Waals surface area contributed by atoms with E-state index in [1.54, 1.807) is 0 Å². The van der Waals surface area contributed by atoms with E-state index in [9.17, 15) is 14.4 Å². The molecular weight excluding hydrogens is 202 g/mol. The SMILES string of the molecule is C#CC(=O)N(CCC(=O)O)CCC(=O)O. The van der Waals surface area contributed by atoms with Gasteiger partial charge < -0.3 is 15.1 Å². The molecule has 0 radical (unpaired) electrons. The lowest BCUT2D eigenvalue weighted by Crippen LogP contribution is -2.33. The molecule has 0 rings (SSSR count). The van der Waals surface area contributed by atoms with Gasteiger partial charge in [-0.2, -0.15) is 0 Å². The first kappa shape index (κ1) is 13.0. The highest BCUT2D eigenvalue weighted by Gasteiger charge is 2.13. The van der Waals surface area contributed by atoms with Crippen LogP contribution in [0.2, 0.25) is 0 Å². The van der Waals surface area contributed by atoms with Crippen LogP contribution in [0.3, 0.4) is 0 Å². The van der Waals surface area contributed by atoms with Crippen LogP contribution in [0.5, 0.6) is 0 Å². The molecule has 82 valence electrons. The van der Waals surface area contributed by atoms with Gasteiger partial charge in [0.15, 0.2) is 0 Å². The Morgan fingerprint density at radius 2 is 1.47 bits per heavy atom. The molecule has 0 unspecified atom stereocenters. The van der Waals surface area contributed by atoms with Crippen LogP contribution in [0.1, 0.15) is 12.8 Å². The van der Waals surface area contributed by atoms with Crippen molar-refractivity contribution in [2.24, 2.45) is 0 Å². The molecule has 6 heteroatoms. The second-order valence-corrected chi connectivity index (χ2v) is 2.72. The second-order valence-electron chi connectivity index (χ2n) is 2.72. The van der Waals surface area contributed by atoms with Crippen LogP contribution in [0.4, 0.5) is 0 Å². The summed E-state index contributed by atoms with van der Waals surface area (Å²) in [6.45, 7) is -0.155. The van der Waals surface area contributed by atoms with E-state index in [1.807, 2.05) is 5.92 Å². The first-order chi connectivity index (χ1) is 6.97. The van der Waals surface area contributed by atoms with Crippen molar-refractivity contribution in [3.8, 4) is 12.3 Å². The molecule has 0 aromatic heterocycles. The zero-order valence-electron chi connectivity index (χ0n) is 7.97. The highest BCUT2D eigenvalue weighted by molar-refractivity contribution is 5.93. The Hall–Kier alpha value is -2.03. The Morgan fingerprint density at radius 1 is 1.07 bits per heavy atom. The average molecular weight is 213 g/mol. The second kappa shape index (κ2) is 6.43. The third kappa shape index (κ3) is 6.10. The zero-order valence-corrected chi connectivity index (χ0v) is 7.97. The van der Waals surface area contributed by atoms with Gasteiger partial charge in [0, 0.05) is 13.1 Å². The molecule has 0 aromatic rings. The Kier molecular flexibility index (Phi) is 5.56. The predicted molar refractivity (Wildman–Crippen MR) is 49.9 cm³/mol. The normalized spacial score (nSPS) is 9.00. The molecule has 0 saturated carbocycles. The van der Waals surface area contributed by atoms with Crippen molar-refractivity contribution >= 4 is 17.8 Å². The van der Waals surface area contributed by atoms with Crippen molar-refractivity contribution in [2.75, 3.05) is 13.1 Å². The first-order valence-electron chi connectivity index (χ1n) is 4.16. The van der Waals surface area contributed by atoms with Gasteiger partial charge in [-0.25, -0.2) is 0 Å². The molecule has 0 bridgehead atoms. The van der Waals surface area contributed by atoms with E-state index < -0.39 is 17.8 Å². The fourth-order valence-corrected chi connectivity index (χ4v) is 0.867. The number of rotatable bonds is 6. The van der Waals surface area contributed by atoms with Crippen molar-refractivity contribution in [2.45, 2.75) is 12.8 Å². The molecule has 0 saturated heterocycles. The summed E-state index contributed by atoms with van der Waals surface area (Å²) in [5, 5.41) is 16.8. The molecule has 0 aliphatic heterocycles. The maximum absolute atomic E-state index is 11.0. The lowest BCUT2D eigenvalue weighted by atomic mass is 10.3. The lowest BCUT2D eigenvalue weighted by molar-refractivity contribution is -0.138. The van der Waals surface area contributed by atoms with E-state index in [1.165, 1.54) is 0 Å². The van der Waals surface area contributed by atoms with Crippen LogP contribution in [0, 0.1) is 12.3 Å². The maximum atomic E-state index is 11.0. The minimum absolute atomic E-state index is 0.0777. The number of terminal acetylenes is 1. The largest absolute Gasteiger partial charge is 0.481 e. The number of carboxylic acids is 2. The van der Waals surface area contributed by atoms with Gasteiger partial charge >= 0.3 is 11.9 Å². The van der Waals surface area contributed by atoms with Gasteiger partial charge in [-0.05, 0) is 5.92 Å². The molecule has 2 N–H and O–H groups in total. The van der Waals surface area contributed by atoms with Crippen LogP contribution < -0.4 is 0 Å². The lowest BCUT2D eigenvalue weighted by Gasteiger charge is -2.17. The van der Waals surface area contributed by atoms with Gasteiger partial charge in [-0.3, -0.25) is 14.4 Å². The molecule has 0 aromatic carbocycles. The molecule has 1 amide bonds. The third-order valence-corrected chi connectivity index (χ3v) is 1.60. The Bertz CT molecular complexity index is 286. The number of nitrogens with zero attached hydrogens (tertiary/aromatic N) is 1. The fraction of sp³-hybridized carbons (Fsp3) is 0.444. The monoisotopic (exact) mass is 213 g/mol. The molecule has 6 nitrogen and oxygen atoms in total. The number of carboxylic acid groups (broad SMARTS) is 2. The van der Waals surface area contributed by atoms with Crippen molar-refractivity contribution in [1.29, 1.82) is 0 Å². The molecule has 0 fully saturated rings. The van der Waals surface area contributed by atoms with E-state index >= 15 is 0 Å². The highest BCUT2D eigenvalue weighted by Crippen LogP contribution is 1.95. The molecule has 0 spiro atoms. The molecule has 0 atom stereocenters. The highest BCUT2D eigenvalue weighted by atomic mass is 16.4. The average Bonchev–Trinajstić information content (AvgIpc) is 2.16. The summed E-state index contributed by atoms with van der Waals surface area (Å²) >= 11 is 0. The Balaban J connectivity index is 4.20. The molecule has 0 aliphatic rings. The summed E-state index contributed by atoms with van der Waals surface area (Å²) in [6, 6.07) is 0. The minimum atomic E-state index is -1.07. The van der Waals surface area contributed by atoms with E-state index in [0.717, 1.165) is 4.90 Å². The van der Waals surface area contributed by atoms with Gasteiger partial charge in [0.05, 0.1) is 12.8 Å². The van der Waals surface area contributed by atoms with E-state index in [-0.39, 0.29) is 25.9 Å². The molecular formula is C9H11NO5. The van der Waals surface area contributed by atoms with Gasteiger partial charge in [0.1, 0.15) is 0 Å². The quantitative estimate of drug-likeness (QED) is 0.574. The van der Waals surface area contributed by atoms with E-state index in [4.69, 9.17) is 16.6 Å². The summed E-state index contributed by atoms with van der Waals surface area (Å²) in [5.41, 5.74) is 0. The van der Waals surface area contributed by atoms with Crippen molar-refractivity contribution in [3.63, 3.8) is 0 Å². The van der Waals surface area contributed by atoms with Gasteiger partial charge in [0.25, 0.3) is 5.91 Å². The smallest absolute Gasteiger partial charge is 0.305 e. The fourth-order valence-electron chi connectivity index (χ4n) is 0.867. The first-order valence-corrected chi connectivity index (χ1v) is 4.16. The van der Waals surface area contributed by atoms with Crippen LogP contribution in [0.15, 0.2) is 0 Å². The number of hydrogen-bond donors (Lipinski definition) is 2. The van der Waals surface area contributed by atoms with Crippen molar-refractivity contribution in [3.05, 3.63) is 0 Å². The summed E-state index contributed by atoms with van der Waals surface area (Å²) in [4.78, 5) is 32.6. The number of carbonyl (C=O) groups is 3. The van der Waals surface area contributed by atoms with Gasteiger partial charge in [-0.15, -0.1) is 6.42 Å². The maximum Gasteiger partial charge on any atom is 0.305 e. The summed E-state index contributed by atoms with van der Waals surface area (Å²) in [7, 11) is 0. The third-order valence-electron chi connectivity index (χ3n) is 1.60. The van der Waals surface area contributed by atoms with Gasteiger partial charge in [0.2, 0.25) is 0 Å². The van der Waals surface area contributed by atoms with E-state index in [2.05, 4.69) is 0 Å². The standard InChI is InChI=1S/C9H11NO5/c1-2-7(11)10(5-3-8(12)13)6-4-9(14)15/h1H,3-6H2,(H,12,13)(H,14,15). The minimum Gasteiger partial charge on any atom is -0.481 e.